The maximum Gasteiger partial charge on any atom is 0.410 e. The molecule has 2 amide bonds. The molecule has 0 atom stereocenters. The SMILES string of the molecule is CNC(=O)COC(=O)N1CCN(c2ccc3ccccc3n2)CC1. The molecule has 1 saturated heterocycles. The summed E-state index contributed by atoms with van der Waals surface area (Å²) in [6, 6.07) is 12.0. The van der Waals surface area contributed by atoms with Gasteiger partial charge in [0.2, 0.25) is 0 Å². The lowest BCUT2D eigenvalue weighted by molar-refractivity contribution is -0.123. The van der Waals surface area contributed by atoms with E-state index < -0.39 is 6.09 Å². The summed E-state index contributed by atoms with van der Waals surface area (Å²) >= 11 is 0. The summed E-state index contributed by atoms with van der Waals surface area (Å²) in [5.74, 6) is 0.592. The Morgan fingerprint density at radius 1 is 1.12 bits per heavy atom. The molecule has 1 aromatic carbocycles. The number of pyridine rings is 1. The number of aromatic nitrogens is 1. The molecule has 0 bridgehead atoms. The summed E-state index contributed by atoms with van der Waals surface area (Å²) in [6.07, 6.45) is -0.454. The fourth-order valence-corrected chi connectivity index (χ4v) is 2.64. The van der Waals surface area contributed by atoms with Crippen LogP contribution >= 0.6 is 0 Å². The van der Waals surface area contributed by atoms with E-state index in [0.717, 1.165) is 16.7 Å². The Labute approximate surface area is 140 Å². The van der Waals surface area contributed by atoms with Crippen LogP contribution in [0.15, 0.2) is 36.4 Å². The predicted molar refractivity (Wildman–Crippen MR) is 90.9 cm³/mol. The van der Waals surface area contributed by atoms with Crippen LogP contribution in [-0.4, -0.2) is 61.7 Å². The van der Waals surface area contributed by atoms with Crippen molar-refractivity contribution in [2.24, 2.45) is 0 Å². The van der Waals surface area contributed by atoms with Crippen LogP contribution < -0.4 is 10.2 Å². The van der Waals surface area contributed by atoms with Gasteiger partial charge < -0.3 is 19.9 Å². The van der Waals surface area contributed by atoms with Crippen molar-refractivity contribution in [1.29, 1.82) is 0 Å². The molecule has 0 spiro atoms. The first-order chi connectivity index (χ1) is 11.7. The zero-order valence-electron chi connectivity index (χ0n) is 13.6. The minimum Gasteiger partial charge on any atom is -0.439 e. The minimum atomic E-state index is -0.454. The van der Waals surface area contributed by atoms with Crippen molar-refractivity contribution in [3.8, 4) is 0 Å². The maximum atomic E-state index is 11.9. The maximum absolute atomic E-state index is 11.9. The second-order valence-electron chi connectivity index (χ2n) is 5.56. The second kappa shape index (κ2) is 7.16. The summed E-state index contributed by atoms with van der Waals surface area (Å²) < 4.78 is 4.97. The predicted octanol–water partition coefficient (Wildman–Crippen LogP) is 1.24. The zero-order valence-corrected chi connectivity index (χ0v) is 13.6. The van der Waals surface area contributed by atoms with E-state index in [1.54, 1.807) is 4.90 Å². The van der Waals surface area contributed by atoms with Crippen molar-refractivity contribution >= 4 is 28.7 Å². The van der Waals surface area contributed by atoms with E-state index >= 15 is 0 Å². The van der Waals surface area contributed by atoms with E-state index in [-0.39, 0.29) is 12.5 Å². The van der Waals surface area contributed by atoms with Crippen molar-refractivity contribution < 1.29 is 14.3 Å². The van der Waals surface area contributed by atoms with Crippen LogP contribution in [0.1, 0.15) is 0 Å². The number of nitrogens with zero attached hydrogens (tertiary/aromatic N) is 3. The van der Waals surface area contributed by atoms with Gasteiger partial charge in [0.05, 0.1) is 5.52 Å². The van der Waals surface area contributed by atoms with Gasteiger partial charge in [-0.25, -0.2) is 9.78 Å². The molecule has 1 aromatic heterocycles. The number of piperazine rings is 1. The molecule has 0 radical (unpaired) electrons. The molecule has 7 nitrogen and oxygen atoms in total. The van der Waals surface area contributed by atoms with Gasteiger partial charge in [0.1, 0.15) is 5.82 Å². The lowest BCUT2D eigenvalue weighted by Gasteiger charge is -2.34. The lowest BCUT2D eigenvalue weighted by Crippen LogP contribution is -2.49. The van der Waals surface area contributed by atoms with Gasteiger partial charge in [-0.05, 0) is 18.2 Å². The number of carbonyl (C=O) groups excluding carboxylic acids is 2. The minimum absolute atomic E-state index is 0.248. The number of hydrogen-bond acceptors (Lipinski definition) is 5. The van der Waals surface area contributed by atoms with Crippen molar-refractivity contribution in [3.63, 3.8) is 0 Å². The first-order valence-electron chi connectivity index (χ1n) is 7.90. The van der Waals surface area contributed by atoms with E-state index in [2.05, 4.69) is 21.3 Å². The topological polar surface area (TPSA) is 74.8 Å². The van der Waals surface area contributed by atoms with Gasteiger partial charge in [0.15, 0.2) is 6.61 Å². The summed E-state index contributed by atoms with van der Waals surface area (Å²) in [5, 5.41) is 3.52. The number of benzene rings is 1. The summed E-state index contributed by atoms with van der Waals surface area (Å²) in [5.41, 5.74) is 0.961. The van der Waals surface area contributed by atoms with Crippen molar-refractivity contribution in [1.82, 2.24) is 15.2 Å². The molecule has 2 heterocycles. The number of anilines is 1. The number of carbonyl (C=O) groups is 2. The third kappa shape index (κ3) is 3.56. The Balaban J connectivity index is 1.57. The Bertz CT molecular complexity index is 741. The molecular weight excluding hydrogens is 308 g/mol. The number of hydrogen-bond donors (Lipinski definition) is 1. The largest absolute Gasteiger partial charge is 0.439 e. The second-order valence-corrected chi connectivity index (χ2v) is 5.56. The van der Waals surface area contributed by atoms with Gasteiger partial charge in [0, 0.05) is 38.6 Å². The van der Waals surface area contributed by atoms with Crippen LogP contribution in [0.3, 0.4) is 0 Å². The molecule has 0 unspecified atom stereocenters. The van der Waals surface area contributed by atoms with E-state index in [0.29, 0.717) is 26.2 Å². The average Bonchev–Trinajstić information content (AvgIpc) is 2.65. The Kier molecular flexibility index (Phi) is 4.79. The van der Waals surface area contributed by atoms with Gasteiger partial charge >= 0.3 is 6.09 Å². The molecular formula is C17H20N4O3. The summed E-state index contributed by atoms with van der Waals surface area (Å²) in [7, 11) is 1.51. The standard InChI is InChI=1S/C17H20N4O3/c1-18-16(22)12-24-17(23)21-10-8-20(9-11-21)15-7-6-13-4-2-3-5-14(13)19-15/h2-7H,8-12H2,1H3,(H,18,22). The normalized spacial score (nSPS) is 14.5. The average molecular weight is 328 g/mol. The van der Waals surface area contributed by atoms with E-state index in [1.807, 2.05) is 30.3 Å². The van der Waals surface area contributed by atoms with Crippen molar-refractivity contribution in [2.45, 2.75) is 0 Å². The number of nitrogens with one attached hydrogen (secondary N) is 1. The van der Waals surface area contributed by atoms with Crippen LogP contribution in [0.5, 0.6) is 0 Å². The molecule has 7 heteroatoms. The third-order valence-electron chi connectivity index (χ3n) is 4.05. The number of amides is 2. The fourth-order valence-electron chi connectivity index (χ4n) is 2.64. The number of para-hydroxylation sites is 1. The van der Waals surface area contributed by atoms with Gasteiger partial charge in [-0.2, -0.15) is 0 Å². The third-order valence-corrected chi connectivity index (χ3v) is 4.05. The molecule has 1 aliphatic heterocycles. The van der Waals surface area contributed by atoms with E-state index in [9.17, 15) is 9.59 Å². The molecule has 1 fully saturated rings. The first-order valence-corrected chi connectivity index (χ1v) is 7.90. The van der Waals surface area contributed by atoms with Crippen LogP contribution in [0.4, 0.5) is 10.6 Å². The van der Waals surface area contributed by atoms with Crippen LogP contribution in [0.2, 0.25) is 0 Å². The number of fused-ring (bicyclic) bond motifs is 1. The molecule has 3 rings (SSSR count). The molecule has 1 N–H and O–H groups in total. The van der Waals surface area contributed by atoms with Gasteiger partial charge in [-0.15, -0.1) is 0 Å². The zero-order chi connectivity index (χ0) is 16.9. The molecule has 0 aliphatic carbocycles. The highest BCUT2D eigenvalue weighted by Gasteiger charge is 2.23. The molecule has 126 valence electrons. The Morgan fingerprint density at radius 2 is 1.88 bits per heavy atom. The lowest BCUT2D eigenvalue weighted by atomic mass is 10.2. The highest BCUT2D eigenvalue weighted by Crippen LogP contribution is 2.19. The highest BCUT2D eigenvalue weighted by atomic mass is 16.6. The van der Waals surface area contributed by atoms with Crippen molar-refractivity contribution in [2.75, 3.05) is 44.7 Å². The monoisotopic (exact) mass is 328 g/mol. The highest BCUT2D eigenvalue weighted by molar-refractivity contribution is 5.81. The molecule has 0 saturated carbocycles. The summed E-state index contributed by atoms with van der Waals surface area (Å²) in [4.78, 5) is 31.5. The van der Waals surface area contributed by atoms with Crippen molar-refractivity contribution in [3.05, 3.63) is 36.4 Å². The molecule has 2 aromatic rings. The first kappa shape index (κ1) is 16.0. The van der Waals surface area contributed by atoms with Gasteiger partial charge in [0.25, 0.3) is 5.91 Å². The van der Waals surface area contributed by atoms with Crippen LogP contribution in [-0.2, 0) is 9.53 Å². The molecule has 24 heavy (non-hydrogen) atoms. The summed E-state index contributed by atoms with van der Waals surface area (Å²) in [6.45, 7) is 2.20. The van der Waals surface area contributed by atoms with E-state index in [1.165, 1.54) is 7.05 Å². The van der Waals surface area contributed by atoms with E-state index in [4.69, 9.17) is 4.74 Å². The molecule has 1 aliphatic rings. The Morgan fingerprint density at radius 3 is 2.62 bits per heavy atom. The fraction of sp³-hybridized carbons (Fsp3) is 0.353. The smallest absolute Gasteiger partial charge is 0.410 e. The van der Waals surface area contributed by atoms with Crippen LogP contribution in [0.25, 0.3) is 10.9 Å². The van der Waals surface area contributed by atoms with Gasteiger partial charge in [-0.1, -0.05) is 18.2 Å². The Hall–Kier alpha value is -2.83. The number of ether oxygens (including phenoxy) is 1. The quantitative estimate of drug-likeness (QED) is 0.917. The number of rotatable bonds is 3. The van der Waals surface area contributed by atoms with Crippen LogP contribution in [0, 0.1) is 0 Å². The van der Waals surface area contributed by atoms with Gasteiger partial charge in [-0.3, -0.25) is 4.79 Å². The number of likely N-dealkylation sites (N-methyl/N-ethyl adjacent to an activating group) is 1.